The van der Waals surface area contributed by atoms with E-state index >= 15 is 0 Å². The van der Waals surface area contributed by atoms with Gasteiger partial charge in [0.15, 0.2) is 5.85 Å². The average Bonchev–Trinajstić information content (AvgIpc) is 2.01. The summed E-state index contributed by atoms with van der Waals surface area (Å²) >= 11 is 0. The second-order valence-electron chi connectivity index (χ2n) is 2.43. The lowest BCUT2D eigenvalue weighted by Crippen LogP contribution is -2.56. The van der Waals surface area contributed by atoms with Crippen LogP contribution in [0.15, 0.2) is 0 Å². The molecule has 0 aromatic rings. The number of hydrogen-bond acceptors (Lipinski definition) is 6. The molecule has 0 bridgehead atoms. The molecule has 0 fully saturated rings. The summed E-state index contributed by atoms with van der Waals surface area (Å²) in [5.41, 5.74) is 21.3. The van der Waals surface area contributed by atoms with Crippen LogP contribution in [-0.4, -0.2) is 38.8 Å². The lowest BCUT2D eigenvalue weighted by Gasteiger charge is -2.24. The van der Waals surface area contributed by atoms with Gasteiger partial charge in [0.25, 0.3) is 0 Å². The van der Waals surface area contributed by atoms with E-state index in [9.17, 15) is 0 Å². The van der Waals surface area contributed by atoms with E-state index < -0.39 is 5.85 Å². The highest BCUT2D eigenvalue weighted by atomic mass is 16.6. The Bertz CT molecular complexity index is 110. The number of nitrogens with two attached hydrogens (primary N) is 4. The quantitative estimate of drug-likeness (QED) is 0.252. The molecule has 0 unspecified atom stereocenters. The van der Waals surface area contributed by atoms with Gasteiger partial charge in [0, 0.05) is 13.1 Å². The molecule has 12 heavy (non-hydrogen) atoms. The van der Waals surface area contributed by atoms with Crippen LogP contribution >= 0.6 is 0 Å². The van der Waals surface area contributed by atoms with Crippen LogP contribution < -0.4 is 22.9 Å². The topological polar surface area (TPSA) is 123 Å². The molecular formula is C6H18N4O2. The Balaban J connectivity index is 3.42. The van der Waals surface area contributed by atoms with E-state index in [1.807, 2.05) is 0 Å². The Morgan fingerprint density at radius 2 is 1.58 bits per heavy atom. The lowest BCUT2D eigenvalue weighted by atomic mass is 10.5. The fraction of sp³-hybridized carbons (Fsp3) is 1.00. The zero-order chi connectivity index (χ0) is 9.45. The molecule has 0 amide bonds. The van der Waals surface area contributed by atoms with Gasteiger partial charge in [-0.25, -0.2) is 0 Å². The lowest BCUT2D eigenvalue weighted by molar-refractivity contribution is -0.0872. The fourth-order valence-corrected chi connectivity index (χ4v) is 0.606. The second-order valence-corrected chi connectivity index (χ2v) is 2.43. The monoisotopic (exact) mass is 178 g/mol. The molecule has 0 spiro atoms. The Morgan fingerprint density at radius 1 is 1.00 bits per heavy atom. The molecule has 0 radical (unpaired) electrons. The summed E-state index contributed by atoms with van der Waals surface area (Å²) in [5.74, 6) is -1.26. The zero-order valence-corrected chi connectivity index (χ0v) is 7.16. The molecule has 0 aliphatic carbocycles. The van der Waals surface area contributed by atoms with E-state index in [-0.39, 0.29) is 6.61 Å². The molecule has 8 N–H and O–H groups in total. The second kappa shape index (κ2) is 6.30. The summed E-state index contributed by atoms with van der Waals surface area (Å²) in [5, 5.41) is 0. The maximum absolute atomic E-state index is 5.48. The van der Waals surface area contributed by atoms with Crippen LogP contribution in [0, 0.1) is 0 Å². The van der Waals surface area contributed by atoms with Crippen LogP contribution in [0.5, 0.6) is 0 Å². The van der Waals surface area contributed by atoms with Gasteiger partial charge in [-0.3, -0.25) is 11.5 Å². The molecule has 0 saturated heterocycles. The van der Waals surface area contributed by atoms with E-state index in [1.54, 1.807) is 0 Å². The average molecular weight is 178 g/mol. The molecule has 6 heteroatoms. The summed E-state index contributed by atoms with van der Waals surface area (Å²) in [6.45, 7) is 1.67. The van der Waals surface area contributed by atoms with Crippen LogP contribution in [-0.2, 0) is 9.47 Å². The van der Waals surface area contributed by atoms with Crippen LogP contribution in [0.1, 0.15) is 0 Å². The van der Waals surface area contributed by atoms with Crippen molar-refractivity contribution < 1.29 is 9.47 Å². The van der Waals surface area contributed by atoms with Crippen molar-refractivity contribution in [2.75, 3.05) is 32.9 Å². The Kier molecular flexibility index (Phi) is 6.17. The van der Waals surface area contributed by atoms with Gasteiger partial charge in [-0.05, 0) is 0 Å². The molecule has 0 saturated carbocycles. The summed E-state index contributed by atoms with van der Waals surface area (Å²) in [4.78, 5) is 0. The molecule has 6 nitrogen and oxygen atoms in total. The molecule has 0 aliphatic rings. The molecular weight excluding hydrogens is 160 g/mol. The third kappa shape index (κ3) is 6.47. The fourth-order valence-electron chi connectivity index (χ4n) is 0.606. The standard InChI is InChI=1S/C6H18N4O2/c7-1-3-11-5-6(9,10)12-4-2-8/h1-5,7-10H2. The number of ether oxygens (including phenoxy) is 2. The van der Waals surface area contributed by atoms with Crippen molar-refractivity contribution in [3.05, 3.63) is 0 Å². The van der Waals surface area contributed by atoms with E-state index in [0.29, 0.717) is 26.3 Å². The summed E-state index contributed by atoms with van der Waals surface area (Å²) in [7, 11) is 0. The minimum Gasteiger partial charge on any atom is -0.374 e. The van der Waals surface area contributed by atoms with Gasteiger partial charge in [-0.2, -0.15) is 0 Å². The van der Waals surface area contributed by atoms with Gasteiger partial charge in [0.1, 0.15) is 6.61 Å². The first kappa shape index (κ1) is 11.8. The highest BCUT2D eigenvalue weighted by Crippen LogP contribution is 1.93. The first-order valence-corrected chi connectivity index (χ1v) is 3.82. The largest absolute Gasteiger partial charge is 0.374 e. The summed E-state index contributed by atoms with van der Waals surface area (Å²) in [6, 6.07) is 0. The van der Waals surface area contributed by atoms with Gasteiger partial charge >= 0.3 is 0 Å². The van der Waals surface area contributed by atoms with Crippen molar-refractivity contribution in [1.82, 2.24) is 0 Å². The van der Waals surface area contributed by atoms with Crippen molar-refractivity contribution >= 4 is 0 Å². The van der Waals surface area contributed by atoms with Crippen LogP contribution in [0.2, 0.25) is 0 Å². The number of rotatable bonds is 7. The van der Waals surface area contributed by atoms with Crippen molar-refractivity contribution in [3.63, 3.8) is 0 Å². The highest BCUT2D eigenvalue weighted by molar-refractivity contribution is 4.63. The van der Waals surface area contributed by atoms with Gasteiger partial charge in [-0.1, -0.05) is 0 Å². The Morgan fingerprint density at radius 3 is 2.08 bits per heavy atom. The smallest absolute Gasteiger partial charge is 0.193 e. The molecule has 0 aromatic heterocycles. The van der Waals surface area contributed by atoms with Gasteiger partial charge < -0.3 is 20.9 Å². The van der Waals surface area contributed by atoms with Crippen molar-refractivity contribution in [2.45, 2.75) is 5.85 Å². The Hall–Kier alpha value is -0.240. The van der Waals surface area contributed by atoms with Crippen molar-refractivity contribution in [2.24, 2.45) is 22.9 Å². The third-order valence-corrected chi connectivity index (χ3v) is 1.08. The summed E-state index contributed by atoms with van der Waals surface area (Å²) < 4.78 is 9.99. The van der Waals surface area contributed by atoms with Gasteiger partial charge in [-0.15, -0.1) is 0 Å². The van der Waals surface area contributed by atoms with Gasteiger partial charge in [0.2, 0.25) is 0 Å². The normalized spacial score (nSPS) is 12.0. The maximum Gasteiger partial charge on any atom is 0.193 e. The van der Waals surface area contributed by atoms with E-state index in [0.717, 1.165) is 0 Å². The highest BCUT2D eigenvalue weighted by Gasteiger charge is 2.18. The zero-order valence-electron chi connectivity index (χ0n) is 7.16. The van der Waals surface area contributed by atoms with Gasteiger partial charge in [0.05, 0.1) is 13.2 Å². The molecule has 0 heterocycles. The van der Waals surface area contributed by atoms with E-state index in [2.05, 4.69) is 0 Å². The number of hydrogen-bond donors (Lipinski definition) is 4. The minimum absolute atomic E-state index is 0.115. The minimum atomic E-state index is -1.26. The predicted octanol–water partition coefficient (Wildman–Crippen LogP) is -2.49. The maximum atomic E-state index is 5.48. The third-order valence-electron chi connectivity index (χ3n) is 1.08. The van der Waals surface area contributed by atoms with E-state index in [4.69, 9.17) is 32.4 Å². The van der Waals surface area contributed by atoms with E-state index in [1.165, 1.54) is 0 Å². The molecule has 0 rings (SSSR count). The first-order chi connectivity index (χ1) is 5.62. The molecule has 0 aliphatic heterocycles. The molecule has 0 aromatic carbocycles. The SMILES string of the molecule is NCCOCC(N)(N)OCCN. The predicted molar refractivity (Wildman–Crippen MR) is 46.0 cm³/mol. The van der Waals surface area contributed by atoms with Crippen molar-refractivity contribution in [3.8, 4) is 0 Å². The Labute approximate surface area is 72.2 Å². The molecule has 0 atom stereocenters. The van der Waals surface area contributed by atoms with Crippen LogP contribution in [0.25, 0.3) is 0 Å². The van der Waals surface area contributed by atoms with Crippen LogP contribution in [0.4, 0.5) is 0 Å². The summed E-state index contributed by atoms with van der Waals surface area (Å²) in [6.07, 6.45) is 0. The molecule has 74 valence electrons. The first-order valence-electron chi connectivity index (χ1n) is 3.82. The van der Waals surface area contributed by atoms with Crippen molar-refractivity contribution in [1.29, 1.82) is 0 Å². The van der Waals surface area contributed by atoms with Crippen LogP contribution in [0.3, 0.4) is 0 Å².